The van der Waals surface area contributed by atoms with Gasteiger partial charge in [-0.1, -0.05) is 47.6 Å². The van der Waals surface area contributed by atoms with Crippen molar-refractivity contribution < 1.29 is 14.3 Å². The van der Waals surface area contributed by atoms with Crippen molar-refractivity contribution >= 4 is 38.2 Å². The molecule has 5 nitrogen and oxygen atoms in total. The number of amides is 1. The van der Waals surface area contributed by atoms with Crippen LogP contribution in [0.15, 0.2) is 59.6 Å². The summed E-state index contributed by atoms with van der Waals surface area (Å²) in [5, 5.41) is 2.24. The molecule has 0 N–H and O–H groups in total. The van der Waals surface area contributed by atoms with E-state index in [1.807, 2.05) is 22.8 Å². The standard InChI is InChI=1S/C23H18N2O3S/c1-4-11-25-20-10-9-15-7-5-6-8-19(15)21(20)29-23(25)24-22(26)16-12-17(27-2)14-18(13-16)28-3/h1,5-10,12-14H,11H2,2-3H3. The largest absolute Gasteiger partial charge is 0.497 e. The van der Waals surface area contributed by atoms with E-state index in [2.05, 4.69) is 29.1 Å². The van der Waals surface area contributed by atoms with Crippen LogP contribution in [0.1, 0.15) is 10.4 Å². The predicted molar refractivity (Wildman–Crippen MR) is 116 cm³/mol. The molecule has 0 saturated heterocycles. The molecule has 144 valence electrons. The second-order valence-corrected chi connectivity index (χ2v) is 7.31. The van der Waals surface area contributed by atoms with Crippen molar-refractivity contribution in [2.75, 3.05) is 14.2 Å². The average molecular weight is 402 g/mol. The van der Waals surface area contributed by atoms with E-state index in [0.29, 0.717) is 28.4 Å². The topological polar surface area (TPSA) is 52.8 Å². The molecule has 0 aliphatic rings. The Morgan fingerprint density at radius 1 is 1.10 bits per heavy atom. The number of aromatic nitrogens is 1. The maximum Gasteiger partial charge on any atom is 0.279 e. The van der Waals surface area contributed by atoms with Crippen molar-refractivity contribution in [1.29, 1.82) is 0 Å². The van der Waals surface area contributed by atoms with E-state index in [4.69, 9.17) is 15.9 Å². The fourth-order valence-corrected chi connectivity index (χ4v) is 4.37. The summed E-state index contributed by atoms with van der Waals surface area (Å²) in [7, 11) is 3.08. The Morgan fingerprint density at radius 2 is 1.83 bits per heavy atom. The Bertz CT molecular complexity index is 1320. The van der Waals surface area contributed by atoms with Gasteiger partial charge in [0.15, 0.2) is 4.80 Å². The van der Waals surface area contributed by atoms with Crippen LogP contribution in [0.3, 0.4) is 0 Å². The van der Waals surface area contributed by atoms with Crippen molar-refractivity contribution in [3.63, 3.8) is 0 Å². The number of carbonyl (C=O) groups is 1. The highest BCUT2D eigenvalue weighted by Crippen LogP contribution is 2.28. The zero-order valence-electron chi connectivity index (χ0n) is 16.0. The van der Waals surface area contributed by atoms with Crippen molar-refractivity contribution in [3.05, 3.63) is 65.0 Å². The second kappa shape index (κ2) is 7.82. The normalized spacial score (nSPS) is 11.6. The van der Waals surface area contributed by atoms with Crippen LogP contribution in [-0.2, 0) is 6.54 Å². The molecule has 3 aromatic carbocycles. The summed E-state index contributed by atoms with van der Waals surface area (Å²) in [6.45, 7) is 0.325. The number of nitrogens with zero attached hydrogens (tertiary/aromatic N) is 2. The van der Waals surface area contributed by atoms with Gasteiger partial charge in [0.25, 0.3) is 5.91 Å². The maximum atomic E-state index is 12.9. The number of rotatable bonds is 4. The Balaban J connectivity index is 1.92. The number of carbonyl (C=O) groups excluding carboxylic acids is 1. The summed E-state index contributed by atoms with van der Waals surface area (Å²) < 4.78 is 13.4. The molecule has 4 rings (SSSR count). The van der Waals surface area contributed by atoms with Crippen LogP contribution >= 0.6 is 11.3 Å². The van der Waals surface area contributed by atoms with Gasteiger partial charge in [0, 0.05) is 17.0 Å². The van der Waals surface area contributed by atoms with Crippen LogP contribution in [0.4, 0.5) is 0 Å². The van der Waals surface area contributed by atoms with Crippen LogP contribution in [0.5, 0.6) is 11.5 Å². The van der Waals surface area contributed by atoms with E-state index in [0.717, 1.165) is 21.0 Å². The molecule has 0 bridgehead atoms. The number of hydrogen-bond donors (Lipinski definition) is 0. The third-order valence-electron chi connectivity index (χ3n) is 4.62. The van der Waals surface area contributed by atoms with Gasteiger partial charge in [-0.3, -0.25) is 4.79 Å². The first-order valence-corrected chi connectivity index (χ1v) is 9.73. The maximum absolute atomic E-state index is 12.9. The summed E-state index contributed by atoms with van der Waals surface area (Å²) >= 11 is 1.45. The molecule has 6 heteroatoms. The molecular formula is C23H18N2O3S. The van der Waals surface area contributed by atoms with Gasteiger partial charge in [0.2, 0.25) is 0 Å². The van der Waals surface area contributed by atoms with E-state index >= 15 is 0 Å². The van der Waals surface area contributed by atoms with Gasteiger partial charge in [0.1, 0.15) is 11.5 Å². The first-order chi connectivity index (χ1) is 14.1. The van der Waals surface area contributed by atoms with Gasteiger partial charge >= 0.3 is 0 Å². The van der Waals surface area contributed by atoms with Crippen LogP contribution in [-0.4, -0.2) is 24.7 Å². The highest BCUT2D eigenvalue weighted by Gasteiger charge is 2.13. The molecule has 0 aliphatic carbocycles. The SMILES string of the molecule is C#CCn1c(=NC(=O)c2cc(OC)cc(OC)c2)sc2c3ccccc3ccc21. The Labute approximate surface area is 171 Å². The third kappa shape index (κ3) is 3.48. The smallest absolute Gasteiger partial charge is 0.279 e. The van der Waals surface area contributed by atoms with E-state index in [1.165, 1.54) is 25.6 Å². The van der Waals surface area contributed by atoms with Gasteiger partial charge in [0.05, 0.1) is 31.0 Å². The lowest BCUT2D eigenvalue weighted by Crippen LogP contribution is -2.16. The minimum Gasteiger partial charge on any atom is -0.497 e. The lowest BCUT2D eigenvalue weighted by molar-refractivity contribution is 0.0997. The van der Waals surface area contributed by atoms with Crippen molar-refractivity contribution in [3.8, 4) is 23.8 Å². The number of fused-ring (bicyclic) bond motifs is 3. The monoisotopic (exact) mass is 402 g/mol. The molecule has 0 fully saturated rings. The molecule has 0 atom stereocenters. The van der Waals surface area contributed by atoms with E-state index in [-0.39, 0.29) is 5.91 Å². The predicted octanol–water partition coefficient (Wildman–Crippen LogP) is 4.25. The molecule has 1 amide bonds. The zero-order chi connectivity index (χ0) is 20.4. The lowest BCUT2D eigenvalue weighted by Gasteiger charge is -2.06. The van der Waals surface area contributed by atoms with Gasteiger partial charge in [-0.2, -0.15) is 4.99 Å². The molecule has 0 unspecified atom stereocenters. The fraction of sp³-hybridized carbons (Fsp3) is 0.130. The minimum atomic E-state index is -0.385. The van der Waals surface area contributed by atoms with Crippen LogP contribution in [0, 0.1) is 12.3 Å². The van der Waals surface area contributed by atoms with Crippen molar-refractivity contribution in [2.24, 2.45) is 4.99 Å². The number of methoxy groups -OCH3 is 2. The number of hydrogen-bond acceptors (Lipinski definition) is 4. The highest BCUT2D eigenvalue weighted by molar-refractivity contribution is 7.17. The second-order valence-electron chi connectivity index (χ2n) is 6.33. The first kappa shape index (κ1) is 18.8. The van der Waals surface area contributed by atoms with Crippen LogP contribution in [0.25, 0.3) is 21.0 Å². The molecule has 0 radical (unpaired) electrons. The summed E-state index contributed by atoms with van der Waals surface area (Å²) in [4.78, 5) is 17.8. The van der Waals surface area contributed by atoms with Crippen molar-refractivity contribution in [1.82, 2.24) is 4.57 Å². The molecule has 0 aliphatic heterocycles. The van der Waals surface area contributed by atoms with Gasteiger partial charge in [-0.15, -0.1) is 6.42 Å². The number of thiazole rings is 1. The molecule has 0 saturated carbocycles. The van der Waals surface area contributed by atoms with Crippen molar-refractivity contribution in [2.45, 2.75) is 6.54 Å². The highest BCUT2D eigenvalue weighted by atomic mass is 32.1. The minimum absolute atomic E-state index is 0.325. The van der Waals surface area contributed by atoms with Crippen LogP contribution in [0.2, 0.25) is 0 Å². The molecule has 1 heterocycles. The molecular weight excluding hydrogens is 384 g/mol. The lowest BCUT2D eigenvalue weighted by atomic mass is 10.1. The first-order valence-electron chi connectivity index (χ1n) is 8.91. The van der Waals surface area contributed by atoms with Crippen LogP contribution < -0.4 is 14.3 Å². The van der Waals surface area contributed by atoms with E-state index < -0.39 is 0 Å². The summed E-state index contributed by atoms with van der Waals surface area (Å²) in [6, 6.07) is 17.2. The van der Waals surface area contributed by atoms with Gasteiger partial charge < -0.3 is 14.0 Å². The van der Waals surface area contributed by atoms with E-state index in [1.54, 1.807) is 18.2 Å². The molecule has 4 aromatic rings. The molecule has 0 spiro atoms. The number of ether oxygens (including phenoxy) is 2. The summed E-state index contributed by atoms with van der Waals surface area (Å²) in [6.07, 6.45) is 5.58. The Kier molecular flexibility index (Phi) is 5.07. The Hall–Kier alpha value is -3.56. The fourth-order valence-electron chi connectivity index (χ4n) is 3.21. The Morgan fingerprint density at radius 3 is 2.52 bits per heavy atom. The van der Waals surface area contributed by atoms with E-state index in [9.17, 15) is 4.79 Å². The average Bonchev–Trinajstić information content (AvgIpc) is 3.11. The summed E-state index contributed by atoms with van der Waals surface area (Å²) in [5.74, 6) is 3.33. The summed E-state index contributed by atoms with van der Waals surface area (Å²) in [5.41, 5.74) is 1.34. The zero-order valence-corrected chi connectivity index (χ0v) is 16.8. The third-order valence-corrected chi connectivity index (χ3v) is 5.75. The molecule has 1 aromatic heterocycles. The molecule has 29 heavy (non-hydrogen) atoms. The van der Waals surface area contributed by atoms with Gasteiger partial charge in [-0.05, 0) is 23.6 Å². The quantitative estimate of drug-likeness (QED) is 0.480. The number of benzene rings is 3. The van der Waals surface area contributed by atoms with Gasteiger partial charge in [-0.25, -0.2) is 0 Å². The number of terminal acetylenes is 1.